The van der Waals surface area contributed by atoms with Crippen molar-refractivity contribution in [3.05, 3.63) is 24.2 Å². The van der Waals surface area contributed by atoms with Crippen LogP contribution in [0, 0.1) is 0 Å². The van der Waals surface area contributed by atoms with E-state index in [1.54, 1.807) is 6.26 Å². The van der Waals surface area contributed by atoms with Gasteiger partial charge in [-0.1, -0.05) is 0 Å². The third-order valence-electron chi connectivity index (χ3n) is 4.76. The summed E-state index contributed by atoms with van der Waals surface area (Å²) in [5.74, 6) is 2.74. The molecule has 0 saturated carbocycles. The van der Waals surface area contributed by atoms with Gasteiger partial charge >= 0.3 is 0 Å². The topological polar surface area (TPSA) is 101 Å². The Morgan fingerprint density at radius 1 is 1.36 bits per heavy atom. The molecule has 2 saturated heterocycles. The largest absolute Gasteiger partial charge is 0.461 e. The number of ether oxygens (including phenoxy) is 2. The molecule has 0 amide bonds. The summed E-state index contributed by atoms with van der Waals surface area (Å²) in [6.07, 6.45) is 4.08. The van der Waals surface area contributed by atoms with Gasteiger partial charge in [-0.2, -0.15) is 0 Å². The molecule has 2 aliphatic heterocycles. The maximum Gasteiger partial charge on any atom is 0.216 e. The Kier molecular flexibility index (Phi) is 7.68. The Balaban J connectivity index is 0.00000225. The third-order valence-corrected chi connectivity index (χ3v) is 4.76. The van der Waals surface area contributed by atoms with Crippen LogP contribution in [-0.4, -0.2) is 71.1 Å². The lowest BCUT2D eigenvalue weighted by atomic mass is 10.1. The molecule has 0 bridgehead atoms. The van der Waals surface area contributed by atoms with Crippen LogP contribution in [-0.2, 0) is 16.0 Å². The molecule has 4 rings (SSSR count). The Hall–Kier alpha value is -1.66. The van der Waals surface area contributed by atoms with Crippen molar-refractivity contribution in [2.75, 3.05) is 32.8 Å². The van der Waals surface area contributed by atoms with Gasteiger partial charge in [0.05, 0.1) is 19.0 Å². The fourth-order valence-corrected chi connectivity index (χ4v) is 3.45. The number of hydrogen-bond acceptors (Lipinski definition) is 6. The maximum absolute atomic E-state index is 5.94. The van der Waals surface area contributed by atoms with Gasteiger partial charge in [0, 0.05) is 26.2 Å². The molecule has 0 aromatic carbocycles. The van der Waals surface area contributed by atoms with Crippen molar-refractivity contribution < 1.29 is 13.9 Å². The van der Waals surface area contributed by atoms with Crippen molar-refractivity contribution in [2.45, 2.75) is 38.5 Å². The number of furan rings is 1. The van der Waals surface area contributed by atoms with Crippen LogP contribution < -0.4 is 5.32 Å². The van der Waals surface area contributed by atoms with Crippen LogP contribution in [0.5, 0.6) is 0 Å². The summed E-state index contributed by atoms with van der Waals surface area (Å²) in [6.45, 7) is 6.39. The highest BCUT2D eigenvalue weighted by Gasteiger charge is 2.32. The van der Waals surface area contributed by atoms with Crippen LogP contribution in [0.25, 0.3) is 11.6 Å². The molecular weight excluding hydrogens is 475 g/mol. The monoisotopic (exact) mass is 502 g/mol. The first kappa shape index (κ1) is 21.1. The second kappa shape index (κ2) is 10.2. The number of morpholine rings is 1. The minimum atomic E-state index is 0. The van der Waals surface area contributed by atoms with Crippen molar-refractivity contribution in [1.29, 1.82) is 0 Å². The Bertz CT molecular complexity index is 744. The second-order valence-corrected chi connectivity index (χ2v) is 6.66. The quantitative estimate of drug-likeness (QED) is 0.367. The summed E-state index contributed by atoms with van der Waals surface area (Å²) in [7, 11) is 0. The average molecular weight is 502 g/mol. The molecule has 2 unspecified atom stereocenters. The van der Waals surface area contributed by atoms with Crippen molar-refractivity contribution in [3.63, 3.8) is 0 Å². The molecule has 10 heteroatoms. The molecule has 2 aliphatic rings. The molecule has 0 spiro atoms. The van der Waals surface area contributed by atoms with Crippen LogP contribution in [0.4, 0.5) is 0 Å². The van der Waals surface area contributed by atoms with Gasteiger partial charge in [-0.05, 0) is 31.9 Å². The highest BCUT2D eigenvalue weighted by Crippen LogP contribution is 2.21. The zero-order valence-electron chi connectivity index (χ0n) is 16.0. The van der Waals surface area contributed by atoms with E-state index in [1.165, 1.54) is 0 Å². The van der Waals surface area contributed by atoms with Crippen LogP contribution in [0.15, 0.2) is 27.8 Å². The van der Waals surface area contributed by atoms with Gasteiger partial charge in [-0.25, -0.2) is 9.98 Å². The SMILES string of the molecule is CCNC(=NCc1nc(-c2ccco2)n[nH]1)N1CCOC(C2CCCO2)C1.I. The molecule has 0 radical (unpaired) electrons. The van der Waals surface area contributed by atoms with Crippen LogP contribution >= 0.6 is 24.0 Å². The first-order chi connectivity index (χ1) is 13.3. The molecule has 2 atom stereocenters. The van der Waals surface area contributed by atoms with Gasteiger partial charge < -0.3 is 24.1 Å². The molecule has 2 fully saturated rings. The van der Waals surface area contributed by atoms with Gasteiger partial charge in [0.25, 0.3) is 0 Å². The van der Waals surface area contributed by atoms with Crippen molar-refractivity contribution in [2.24, 2.45) is 4.99 Å². The first-order valence-corrected chi connectivity index (χ1v) is 9.55. The van der Waals surface area contributed by atoms with E-state index in [4.69, 9.17) is 18.9 Å². The van der Waals surface area contributed by atoms with Gasteiger partial charge in [0.1, 0.15) is 18.5 Å². The number of aromatic amines is 1. The number of H-pyrrole nitrogens is 1. The number of aromatic nitrogens is 3. The standard InChI is InChI=1S/C18H26N6O3.HI/c1-2-19-18(24-7-10-27-15(12-24)13-5-3-8-25-13)20-11-16-21-17(23-22-16)14-6-4-9-26-14;/h4,6,9,13,15H,2-3,5,7-8,10-12H2,1H3,(H,19,20)(H,21,22,23);1H. The molecule has 0 aliphatic carbocycles. The summed E-state index contributed by atoms with van der Waals surface area (Å²) >= 11 is 0. The fourth-order valence-electron chi connectivity index (χ4n) is 3.45. The molecule has 2 aromatic heterocycles. The lowest BCUT2D eigenvalue weighted by Gasteiger charge is -2.37. The fraction of sp³-hybridized carbons (Fsp3) is 0.611. The number of nitrogens with zero attached hydrogens (tertiary/aromatic N) is 4. The van der Waals surface area contributed by atoms with Gasteiger partial charge in [0.15, 0.2) is 11.7 Å². The molecule has 2 N–H and O–H groups in total. The third kappa shape index (κ3) is 5.03. The van der Waals surface area contributed by atoms with E-state index in [1.807, 2.05) is 12.1 Å². The number of aliphatic imine (C=N–C) groups is 1. The highest BCUT2D eigenvalue weighted by atomic mass is 127. The second-order valence-electron chi connectivity index (χ2n) is 6.66. The van der Waals surface area contributed by atoms with Gasteiger partial charge in [-0.15, -0.1) is 29.1 Å². The highest BCUT2D eigenvalue weighted by molar-refractivity contribution is 14.0. The number of hydrogen-bond donors (Lipinski definition) is 2. The summed E-state index contributed by atoms with van der Waals surface area (Å²) in [4.78, 5) is 11.4. The van der Waals surface area contributed by atoms with E-state index in [-0.39, 0.29) is 36.2 Å². The molecule has 2 aromatic rings. The van der Waals surface area contributed by atoms with Crippen molar-refractivity contribution in [3.8, 4) is 11.6 Å². The lowest BCUT2D eigenvalue weighted by Crippen LogP contribution is -2.53. The van der Waals surface area contributed by atoms with Crippen molar-refractivity contribution >= 4 is 29.9 Å². The Morgan fingerprint density at radius 3 is 3.00 bits per heavy atom. The summed E-state index contributed by atoms with van der Waals surface area (Å²) in [5.41, 5.74) is 0. The number of halogens is 1. The van der Waals surface area contributed by atoms with E-state index >= 15 is 0 Å². The van der Waals surface area contributed by atoms with E-state index in [0.29, 0.717) is 30.6 Å². The smallest absolute Gasteiger partial charge is 0.216 e. The van der Waals surface area contributed by atoms with Gasteiger partial charge in [-0.3, -0.25) is 5.10 Å². The Morgan fingerprint density at radius 2 is 2.25 bits per heavy atom. The number of rotatable bonds is 5. The zero-order chi connectivity index (χ0) is 18.5. The van der Waals surface area contributed by atoms with Crippen LogP contribution in [0.3, 0.4) is 0 Å². The minimum Gasteiger partial charge on any atom is -0.461 e. The van der Waals surface area contributed by atoms with Gasteiger partial charge in [0.2, 0.25) is 5.82 Å². The maximum atomic E-state index is 5.94. The zero-order valence-corrected chi connectivity index (χ0v) is 18.3. The summed E-state index contributed by atoms with van der Waals surface area (Å²) in [5, 5.41) is 10.5. The molecular formula is C18H27IN6O3. The molecule has 28 heavy (non-hydrogen) atoms. The Labute approximate surface area is 181 Å². The lowest BCUT2D eigenvalue weighted by molar-refractivity contribution is -0.0817. The van der Waals surface area contributed by atoms with Crippen LogP contribution in [0.2, 0.25) is 0 Å². The predicted octanol–water partition coefficient (Wildman–Crippen LogP) is 2.03. The first-order valence-electron chi connectivity index (χ1n) is 9.55. The predicted molar refractivity (Wildman–Crippen MR) is 115 cm³/mol. The van der Waals surface area contributed by atoms with E-state index < -0.39 is 0 Å². The van der Waals surface area contributed by atoms with E-state index in [9.17, 15) is 0 Å². The summed E-state index contributed by atoms with van der Waals surface area (Å²) in [6, 6.07) is 3.65. The molecule has 4 heterocycles. The van der Waals surface area contributed by atoms with Crippen LogP contribution in [0.1, 0.15) is 25.6 Å². The molecule has 154 valence electrons. The number of guanidine groups is 1. The normalized spacial score (nSPS) is 22.9. The number of nitrogens with one attached hydrogen (secondary N) is 2. The summed E-state index contributed by atoms with van der Waals surface area (Å²) < 4.78 is 17.1. The van der Waals surface area contributed by atoms with E-state index in [2.05, 4.69) is 32.3 Å². The van der Waals surface area contributed by atoms with E-state index in [0.717, 1.165) is 45.0 Å². The molecule has 9 nitrogen and oxygen atoms in total. The van der Waals surface area contributed by atoms with Crippen molar-refractivity contribution in [1.82, 2.24) is 25.4 Å². The minimum absolute atomic E-state index is 0. The average Bonchev–Trinajstić information content (AvgIpc) is 3.47.